The molecule has 2 unspecified atom stereocenters. The Bertz CT molecular complexity index is 1090. The molecule has 4 rings (SSSR count). The number of amides is 1. The van der Waals surface area contributed by atoms with Gasteiger partial charge < -0.3 is 15.4 Å². The van der Waals surface area contributed by atoms with Crippen LogP contribution in [0.15, 0.2) is 53.3 Å². The standard InChI is InChI=1S/C23H28N4O3/c1-15(17-8-9-21-19(12-17)25-23(30)26(21)2)22(29)24-20(16-6-4-3-5-7-16)14-27-11-10-18(28)13-27/h3-9,12,15,18,20,28H,10-11,13-14H2,1-2H3,(H,24,29)(H,25,30)/t15?,18?,20-/m1/s1. The van der Waals surface area contributed by atoms with Gasteiger partial charge in [0.1, 0.15) is 0 Å². The van der Waals surface area contributed by atoms with E-state index in [1.165, 1.54) is 0 Å². The largest absolute Gasteiger partial charge is 0.392 e. The maximum atomic E-state index is 13.1. The van der Waals surface area contributed by atoms with Gasteiger partial charge in [-0.1, -0.05) is 36.4 Å². The molecule has 1 saturated heterocycles. The lowest BCUT2D eigenvalue weighted by Gasteiger charge is -2.26. The van der Waals surface area contributed by atoms with E-state index < -0.39 is 0 Å². The maximum absolute atomic E-state index is 13.1. The van der Waals surface area contributed by atoms with Gasteiger partial charge >= 0.3 is 5.69 Å². The molecule has 1 amide bonds. The van der Waals surface area contributed by atoms with Gasteiger partial charge in [0.25, 0.3) is 0 Å². The summed E-state index contributed by atoms with van der Waals surface area (Å²) >= 11 is 0. The molecule has 0 spiro atoms. The molecule has 2 aromatic carbocycles. The second kappa shape index (κ2) is 8.45. The number of nitrogens with zero attached hydrogens (tertiary/aromatic N) is 2. The van der Waals surface area contributed by atoms with Gasteiger partial charge in [-0.3, -0.25) is 14.3 Å². The highest BCUT2D eigenvalue weighted by molar-refractivity contribution is 5.85. The normalized spacial score (nSPS) is 19.1. The second-order valence-corrected chi connectivity index (χ2v) is 8.16. The number of hydrogen-bond acceptors (Lipinski definition) is 4. The van der Waals surface area contributed by atoms with E-state index in [2.05, 4.69) is 15.2 Å². The summed E-state index contributed by atoms with van der Waals surface area (Å²) in [5.74, 6) is -0.435. The second-order valence-electron chi connectivity index (χ2n) is 8.16. The van der Waals surface area contributed by atoms with E-state index in [9.17, 15) is 14.7 Å². The van der Waals surface area contributed by atoms with Crippen LogP contribution < -0.4 is 11.0 Å². The Hall–Kier alpha value is -2.90. The molecule has 0 radical (unpaired) electrons. The molecular weight excluding hydrogens is 380 g/mol. The minimum atomic E-state index is -0.367. The van der Waals surface area contributed by atoms with Crippen molar-refractivity contribution in [1.29, 1.82) is 0 Å². The van der Waals surface area contributed by atoms with Crippen LogP contribution in [0.5, 0.6) is 0 Å². The van der Waals surface area contributed by atoms with Crippen LogP contribution in [0.4, 0.5) is 0 Å². The summed E-state index contributed by atoms with van der Waals surface area (Å²) in [5.41, 5.74) is 3.26. The molecule has 2 heterocycles. The van der Waals surface area contributed by atoms with Crippen LogP contribution in [0.2, 0.25) is 0 Å². The van der Waals surface area contributed by atoms with Crippen molar-refractivity contribution in [1.82, 2.24) is 19.8 Å². The summed E-state index contributed by atoms with van der Waals surface area (Å²) in [7, 11) is 1.72. The number of β-amino-alcohol motifs (C(OH)–C–C–N with tert-alkyl or cyclic N) is 1. The number of fused-ring (bicyclic) bond motifs is 1. The number of aromatic amines is 1. The van der Waals surface area contributed by atoms with E-state index in [1.807, 2.05) is 55.5 Å². The molecule has 3 atom stereocenters. The van der Waals surface area contributed by atoms with Gasteiger partial charge in [0.05, 0.1) is 29.1 Å². The predicted molar refractivity (Wildman–Crippen MR) is 116 cm³/mol. The monoisotopic (exact) mass is 408 g/mol. The van der Waals surface area contributed by atoms with Crippen molar-refractivity contribution in [3.05, 3.63) is 70.1 Å². The molecule has 7 nitrogen and oxygen atoms in total. The van der Waals surface area contributed by atoms with E-state index in [1.54, 1.807) is 11.6 Å². The molecule has 0 aliphatic carbocycles. The van der Waals surface area contributed by atoms with Crippen molar-refractivity contribution in [3.8, 4) is 0 Å². The molecule has 3 N–H and O–H groups in total. The lowest BCUT2D eigenvalue weighted by atomic mass is 9.98. The minimum Gasteiger partial charge on any atom is -0.392 e. The molecule has 0 bridgehead atoms. The Morgan fingerprint density at radius 3 is 2.70 bits per heavy atom. The summed E-state index contributed by atoms with van der Waals surface area (Å²) in [6.07, 6.45) is 0.469. The number of imidazole rings is 1. The number of aromatic nitrogens is 2. The van der Waals surface area contributed by atoms with E-state index >= 15 is 0 Å². The number of nitrogens with one attached hydrogen (secondary N) is 2. The number of likely N-dealkylation sites (tertiary alicyclic amines) is 1. The third-order valence-electron chi connectivity index (χ3n) is 6.03. The Balaban J connectivity index is 1.53. The van der Waals surface area contributed by atoms with Crippen molar-refractivity contribution in [3.63, 3.8) is 0 Å². The number of aliphatic hydroxyl groups is 1. The molecular formula is C23H28N4O3. The van der Waals surface area contributed by atoms with Crippen molar-refractivity contribution in [2.24, 2.45) is 7.05 Å². The molecule has 1 fully saturated rings. The lowest BCUT2D eigenvalue weighted by Crippen LogP contribution is -2.39. The predicted octanol–water partition coefficient (Wildman–Crippen LogP) is 1.89. The van der Waals surface area contributed by atoms with Crippen molar-refractivity contribution < 1.29 is 9.90 Å². The number of benzene rings is 2. The third kappa shape index (κ3) is 4.17. The lowest BCUT2D eigenvalue weighted by molar-refractivity contribution is -0.123. The average Bonchev–Trinajstić information content (AvgIpc) is 3.29. The Morgan fingerprint density at radius 2 is 2.00 bits per heavy atom. The van der Waals surface area contributed by atoms with Gasteiger partial charge in [0, 0.05) is 26.7 Å². The summed E-state index contributed by atoms with van der Waals surface area (Å²) in [6.45, 7) is 3.99. The van der Waals surface area contributed by atoms with Crippen molar-refractivity contribution >= 4 is 16.9 Å². The zero-order chi connectivity index (χ0) is 21.3. The van der Waals surface area contributed by atoms with Gasteiger partial charge in [-0.25, -0.2) is 4.79 Å². The Morgan fingerprint density at radius 1 is 1.23 bits per heavy atom. The van der Waals surface area contributed by atoms with Crippen LogP contribution in [0, 0.1) is 0 Å². The fourth-order valence-corrected chi connectivity index (χ4v) is 4.13. The highest BCUT2D eigenvalue weighted by Crippen LogP contribution is 2.23. The van der Waals surface area contributed by atoms with Crippen LogP contribution in [-0.2, 0) is 11.8 Å². The van der Waals surface area contributed by atoms with Crippen LogP contribution in [-0.4, -0.2) is 51.2 Å². The average molecular weight is 409 g/mol. The fraction of sp³-hybridized carbons (Fsp3) is 0.391. The number of hydrogen-bond donors (Lipinski definition) is 3. The van der Waals surface area contributed by atoms with Gasteiger partial charge in [-0.2, -0.15) is 0 Å². The molecule has 1 aliphatic rings. The third-order valence-corrected chi connectivity index (χ3v) is 6.03. The molecule has 3 aromatic rings. The van der Waals surface area contributed by atoms with Gasteiger partial charge in [-0.15, -0.1) is 0 Å². The highest BCUT2D eigenvalue weighted by Gasteiger charge is 2.26. The molecule has 7 heteroatoms. The quantitative estimate of drug-likeness (QED) is 0.581. The SMILES string of the molecule is CC(C(=O)N[C@H](CN1CCC(O)C1)c1ccccc1)c1ccc2c(c1)[nH]c(=O)n2C. The minimum absolute atomic E-state index is 0.0683. The van der Waals surface area contributed by atoms with Crippen LogP contribution in [0.25, 0.3) is 11.0 Å². The van der Waals surface area contributed by atoms with E-state index in [4.69, 9.17) is 0 Å². The number of H-pyrrole nitrogens is 1. The zero-order valence-corrected chi connectivity index (χ0v) is 17.3. The van der Waals surface area contributed by atoms with Gasteiger partial charge in [-0.05, 0) is 36.6 Å². The Kier molecular flexibility index (Phi) is 5.74. The first-order chi connectivity index (χ1) is 14.4. The van der Waals surface area contributed by atoms with Gasteiger partial charge in [0.15, 0.2) is 0 Å². The number of aliphatic hydroxyl groups excluding tert-OH is 1. The fourth-order valence-electron chi connectivity index (χ4n) is 4.13. The number of aryl methyl sites for hydroxylation is 1. The van der Waals surface area contributed by atoms with E-state index in [-0.39, 0.29) is 29.7 Å². The summed E-state index contributed by atoms with van der Waals surface area (Å²) in [6, 6.07) is 15.4. The Labute approximate surface area is 175 Å². The van der Waals surface area contributed by atoms with Crippen LogP contribution >= 0.6 is 0 Å². The van der Waals surface area contributed by atoms with Crippen LogP contribution in [0.1, 0.15) is 36.4 Å². The van der Waals surface area contributed by atoms with E-state index in [0.717, 1.165) is 35.1 Å². The number of carbonyl (C=O) groups is 1. The topological polar surface area (TPSA) is 90.4 Å². The molecule has 0 saturated carbocycles. The smallest absolute Gasteiger partial charge is 0.326 e. The first-order valence-corrected chi connectivity index (χ1v) is 10.4. The van der Waals surface area contributed by atoms with Crippen molar-refractivity contribution in [2.45, 2.75) is 31.4 Å². The molecule has 1 aromatic heterocycles. The zero-order valence-electron chi connectivity index (χ0n) is 17.3. The van der Waals surface area contributed by atoms with E-state index in [0.29, 0.717) is 13.1 Å². The van der Waals surface area contributed by atoms with Gasteiger partial charge in [0.2, 0.25) is 5.91 Å². The maximum Gasteiger partial charge on any atom is 0.326 e. The number of carbonyl (C=O) groups excluding carboxylic acids is 1. The van der Waals surface area contributed by atoms with Crippen molar-refractivity contribution in [2.75, 3.05) is 19.6 Å². The molecule has 158 valence electrons. The molecule has 30 heavy (non-hydrogen) atoms. The molecule has 1 aliphatic heterocycles. The highest BCUT2D eigenvalue weighted by atomic mass is 16.3. The van der Waals surface area contributed by atoms with Crippen LogP contribution in [0.3, 0.4) is 0 Å². The first kappa shape index (κ1) is 20.4. The summed E-state index contributed by atoms with van der Waals surface area (Å²) in [4.78, 5) is 30.0. The summed E-state index contributed by atoms with van der Waals surface area (Å²) < 4.78 is 1.56. The first-order valence-electron chi connectivity index (χ1n) is 10.4. The summed E-state index contributed by atoms with van der Waals surface area (Å²) in [5, 5.41) is 13.1. The number of rotatable bonds is 6.